The summed E-state index contributed by atoms with van der Waals surface area (Å²) < 4.78 is 10.7. The number of ether oxygens (including phenoxy) is 2. The van der Waals surface area contributed by atoms with E-state index in [1.54, 1.807) is 0 Å². The summed E-state index contributed by atoms with van der Waals surface area (Å²) in [4.78, 5) is 26.3. The minimum Gasteiger partial charge on any atom is -0.376 e. The molecule has 2 rings (SSSR count). The van der Waals surface area contributed by atoms with Gasteiger partial charge in [0.25, 0.3) is 5.56 Å². The molecule has 2 heterocycles. The van der Waals surface area contributed by atoms with Gasteiger partial charge in [-0.15, -0.1) is 0 Å². The lowest BCUT2D eigenvalue weighted by molar-refractivity contribution is -0.0853. The summed E-state index contributed by atoms with van der Waals surface area (Å²) in [5, 5.41) is 5.38. The minimum atomic E-state index is -0.330. The Kier molecular flexibility index (Phi) is 5.35. The van der Waals surface area contributed by atoms with Crippen LogP contribution in [0.2, 0.25) is 0 Å². The molecule has 0 radical (unpaired) electrons. The lowest BCUT2D eigenvalue weighted by Gasteiger charge is -2.23. The largest absolute Gasteiger partial charge is 0.376 e. The van der Waals surface area contributed by atoms with Crippen molar-refractivity contribution in [3.05, 3.63) is 33.2 Å². The van der Waals surface area contributed by atoms with Gasteiger partial charge < -0.3 is 25.1 Å². The van der Waals surface area contributed by atoms with Crippen molar-refractivity contribution in [3.63, 3.8) is 0 Å². The molecule has 0 bridgehead atoms. The fourth-order valence-electron chi connectivity index (χ4n) is 2.19. The number of hydrogen-bond acceptors (Lipinski definition) is 4. The molecule has 1 aliphatic heterocycles. The van der Waals surface area contributed by atoms with Crippen molar-refractivity contribution in [2.75, 3.05) is 26.4 Å². The topological polar surface area (TPSA) is 92.4 Å². The van der Waals surface area contributed by atoms with Gasteiger partial charge in [0.15, 0.2) is 0 Å². The van der Waals surface area contributed by atoms with E-state index in [0.717, 1.165) is 11.3 Å². The lowest BCUT2D eigenvalue weighted by atomic mass is 10.1. The highest BCUT2D eigenvalue weighted by molar-refractivity contribution is 5.73. The highest BCUT2D eigenvalue weighted by atomic mass is 16.6. The molecule has 0 aromatic carbocycles. The van der Waals surface area contributed by atoms with E-state index in [1.807, 2.05) is 19.9 Å². The minimum absolute atomic E-state index is 0.117. The van der Waals surface area contributed by atoms with E-state index in [9.17, 15) is 9.59 Å². The molecular formula is C14H21N3O4. The van der Waals surface area contributed by atoms with Crippen LogP contribution in [0, 0.1) is 13.8 Å². The van der Waals surface area contributed by atoms with Crippen LogP contribution < -0.4 is 16.2 Å². The van der Waals surface area contributed by atoms with Crippen LogP contribution in [-0.4, -0.2) is 43.5 Å². The number of hydrogen-bond donors (Lipinski definition) is 3. The van der Waals surface area contributed by atoms with Gasteiger partial charge in [-0.2, -0.15) is 0 Å². The maximum atomic E-state index is 11.8. The number of carbonyl (C=O) groups is 1. The fourth-order valence-corrected chi connectivity index (χ4v) is 2.19. The van der Waals surface area contributed by atoms with Crippen LogP contribution in [-0.2, 0) is 16.0 Å². The number of aryl methyl sites for hydroxylation is 2. The molecule has 1 aliphatic rings. The first-order chi connectivity index (χ1) is 10.1. The second-order valence-corrected chi connectivity index (χ2v) is 5.07. The molecule has 1 aromatic heterocycles. The second kappa shape index (κ2) is 7.24. The van der Waals surface area contributed by atoms with Crippen molar-refractivity contribution in [1.82, 2.24) is 15.6 Å². The van der Waals surface area contributed by atoms with Crippen LogP contribution in [0.1, 0.15) is 16.8 Å². The normalized spacial score (nSPS) is 18.3. The average molecular weight is 295 g/mol. The third-order valence-corrected chi connectivity index (χ3v) is 3.29. The summed E-state index contributed by atoms with van der Waals surface area (Å²) in [6.07, 6.45) is -0.117. The first-order valence-electron chi connectivity index (χ1n) is 6.96. The van der Waals surface area contributed by atoms with Gasteiger partial charge in [0, 0.05) is 17.8 Å². The molecular weight excluding hydrogens is 274 g/mol. The van der Waals surface area contributed by atoms with E-state index in [2.05, 4.69) is 15.6 Å². The van der Waals surface area contributed by atoms with Gasteiger partial charge in [-0.1, -0.05) is 0 Å². The Balaban J connectivity index is 1.80. The molecule has 1 aromatic rings. The molecule has 1 fully saturated rings. The van der Waals surface area contributed by atoms with E-state index in [0.29, 0.717) is 31.9 Å². The number of aromatic amines is 1. The Bertz CT molecular complexity index is 550. The van der Waals surface area contributed by atoms with Crippen molar-refractivity contribution in [2.45, 2.75) is 26.5 Å². The molecule has 0 spiro atoms. The number of pyridine rings is 1. The maximum Gasteiger partial charge on any atom is 0.315 e. The standard InChI is InChI=1S/C14H21N3O4/c1-9-5-10(2)17-13(18)12(9)7-16-14(19)15-6-11-8-20-3-4-21-11/h5,11H,3-4,6-8H2,1-2H3,(H,17,18)(H2,15,16,19)/t11-/m0/s1. The zero-order chi connectivity index (χ0) is 15.2. The highest BCUT2D eigenvalue weighted by Gasteiger charge is 2.15. The van der Waals surface area contributed by atoms with Crippen molar-refractivity contribution < 1.29 is 14.3 Å². The van der Waals surface area contributed by atoms with E-state index >= 15 is 0 Å². The zero-order valence-electron chi connectivity index (χ0n) is 12.3. The first kappa shape index (κ1) is 15.5. The van der Waals surface area contributed by atoms with E-state index < -0.39 is 0 Å². The van der Waals surface area contributed by atoms with Crippen LogP contribution in [0.4, 0.5) is 4.79 Å². The number of carbonyl (C=O) groups excluding carboxylic acids is 1. The Morgan fingerprint density at radius 3 is 2.86 bits per heavy atom. The number of H-pyrrole nitrogens is 1. The molecule has 3 N–H and O–H groups in total. The highest BCUT2D eigenvalue weighted by Crippen LogP contribution is 2.03. The molecule has 116 valence electrons. The average Bonchev–Trinajstić information content (AvgIpc) is 2.45. The van der Waals surface area contributed by atoms with Gasteiger partial charge in [-0.3, -0.25) is 4.79 Å². The monoisotopic (exact) mass is 295 g/mol. The maximum absolute atomic E-state index is 11.8. The fraction of sp³-hybridized carbons (Fsp3) is 0.571. The van der Waals surface area contributed by atoms with E-state index in [1.165, 1.54) is 0 Å². The van der Waals surface area contributed by atoms with Crippen LogP contribution in [0.25, 0.3) is 0 Å². The molecule has 2 amide bonds. The molecule has 21 heavy (non-hydrogen) atoms. The number of aromatic nitrogens is 1. The molecule has 7 nitrogen and oxygen atoms in total. The number of nitrogens with one attached hydrogen (secondary N) is 3. The molecule has 1 atom stereocenters. The van der Waals surface area contributed by atoms with Crippen molar-refractivity contribution in [1.29, 1.82) is 0 Å². The third kappa shape index (κ3) is 4.57. The van der Waals surface area contributed by atoms with Gasteiger partial charge in [-0.25, -0.2) is 4.79 Å². The second-order valence-electron chi connectivity index (χ2n) is 5.07. The van der Waals surface area contributed by atoms with Gasteiger partial charge in [0.05, 0.1) is 32.5 Å². The summed E-state index contributed by atoms with van der Waals surface area (Å²) >= 11 is 0. The predicted octanol–water partition coefficient (Wildman–Crippen LogP) is 0.206. The van der Waals surface area contributed by atoms with Crippen LogP contribution in [0.3, 0.4) is 0 Å². The number of amides is 2. The Hall–Kier alpha value is -1.86. The molecule has 1 saturated heterocycles. The predicted molar refractivity (Wildman–Crippen MR) is 77.3 cm³/mol. The molecule has 7 heteroatoms. The van der Waals surface area contributed by atoms with Gasteiger partial charge in [0.2, 0.25) is 0 Å². The van der Waals surface area contributed by atoms with Crippen LogP contribution in [0.15, 0.2) is 10.9 Å². The smallest absolute Gasteiger partial charge is 0.315 e. The van der Waals surface area contributed by atoms with Gasteiger partial charge >= 0.3 is 6.03 Å². The summed E-state index contributed by atoms with van der Waals surface area (Å²) in [7, 11) is 0. The number of urea groups is 1. The van der Waals surface area contributed by atoms with Gasteiger partial charge in [-0.05, 0) is 25.5 Å². The zero-order valence-corrected chi connectivity index (χ0v) is 12.3. The van der Waals surface area contributed by atoms with Crippen molar-refractivity contribution >= 4 is 6.03 Å². The Morgan fingerprint density at radius 2 is 2.19 bits per heavy atom. The third-order valence-electron chi connectivity index (χ3n) is 3.29. The molecule has 0 saturated carbocycles. The van der Waals surface area contributed by atoms with Gasteiger partial charge in [0.1, 0.15) is 0 Å². The number of rotatable bonds is 4. The van der Waals surface area contributed by atoms with E-state index in [-0.39, 0.29) is 24.2 Å². The van der Waals surface area contributed by atoms with Crippen LogP contribution in [0.5, 0.6) is 0 Å². The quantitative estimate of drug-likeness (QED) is 0.740. The van der Waals surface area contributed by atoms with Crippen LogP contribution >= 0.6 is 0 Å². The molecule has 0 aliphatic carbocycles. The Labute approximate surface area is 123 Å². The lowest BCUT2D eigenvalue weighted by Crippen LogP contribution is -2.44. The van der Waals surface area contributed by atoms with Crippen molar-refractivity contribution in [3.8, 4) is 0 Å². The summed E-state index contributed by atoms with van der Waals surface area (Å²) in [6.45, 7) is 5.88. The SMILES string of the molecule is Cc1cc(C)c(CNC(=O)NC[C@H]2COCCO2)c(=O)[nH]1. The summed E-state index contributed by atoms with van der Waals surface area (Å²) in [6, 6.07) is 1.55. The molecule has 0 unspecified atom stereocenters. The summed E-state index contributed by atoms with van der Waals surface area (Å²) in [5.41, 5.74) is 2.06. The van der Waals surface area contributed by atoms with Crippen molar-refractivity contribution in [2.24, 2.45) is 0 Å². The van der Waals surface area contributed by atoms with E-state index in [4.69, 9.17) is 9.47 Å². The summed E-state index contributed by atoms with van der Waals surface area (Å²) in [5.74, 6) is 0. The first-order valence-corrected chi connectivity index (χ1v) is 6.96. The Morgan fingerprint density at radius 1 is 1.38 bits per heavy atom.